The van der Waals surface area contributed by atoms with Gasteiger partial charge in [0.25, 0.3) is 10.1 Å². The zero-order chi connectivity index (χ0) is 9.49. The summed E-state index contributed by atoms with van der Waals surface area (Å²) in [5.41, 5.74) is 4.84. The van der Waals surface area contributed by atoms with Crippen LogP contribution in [-0.2, 0) is 10.1 Å². The third-order valence-corrected chi connectivity index (χ3v) is 1.39. The summed E-state index contributed by atoms with van der Waals surface area (Å²) >= 11 is 4.31. The first-order valence-electron chi connectivity index (χ1n) is 3.00. The second-order valence-electron chi connectivity index (χ2n) is 1.90. The normalized spacial score (nSPS) is 8.92. The van der Waals surface area contributed by atoms with Gasteiger partial charge in [-0.1, -0.05) is 19.1 Å². The largest absolute Gasteiger partial charge is 0.394 e. The molecule has 12 heavy (non-hydrogen) atoms. The molecule has 4 nitrogen and oxygen atoms in total. The van der Waals surface area contributed by atoms with Crippen molar-refractivity contribution in [3.8, 4) is 0 Å². The predicted octanol–water partition coefficient (Wildman–Crippen LogP) is 0.196. The van der Waals surface area contributed by atoms with Gasteiger partial charge in [-0.15, -0.1) is 0 Å². The van der Waals surface area contributed by atoms with Gasteiger partial charge in [-0.3, -0.25) is 4.55 Å². The van der Waals surface area contributed by atoms with Gasteiger partial charge in [0, 0.05) is 29.6 Å². The van der Waals surface area contributed by atoms with Crippen LogP contribution in [0, 0.1) is 0 Å². The Morgan fingerprint density at radius 1 is 1.58 bits per heavy atom. The van der Waals surface area contributed by atoms with Crippen LogP contribution in [0.15, 0.2) is 0 Å². The molecule has 0 fully saturated rings. The van der Waals surface area contributed by atoms with Gasteiger partial charge in [-0.05, 0) is 13.3 Å². The Hall–Kier alpha value is 0.800. The van der Waals surface area contributed by atoms with Crippen molar-refractivity contribution >= 4 is 56.9 Å². The zero-order valence-corrected chi connectivity index (χ0v) is 11.2. The maximum atomic E-state index is 9.79. The minimum absolute atomic E-state index is 0. The van der Waals surface area contributed by atoms with Crippen LogP contribution in [0.5, 0.6) is 0 Å². The maximum Gasteiger partial charge on any atom is 0.264 e. The summed E-state index contributed by atoms with van der Waals surface area (Å²) in [7, 11) is -3.67. The van der Waals surface area contributed by atoms with Crippen LogP contribution < -0.4 is 5.73 Å². The van der Waals surface area contributed by atoms with Crippen LogP contribution in [0.2, 0.25) is 0 Å². The van der Waals surface area contributed by atoms with Crippen LogP contribution in [-0.4, -0.2) is 53.3 Å². The molecule has 0 aliphatic carbocycles. The van der Waals surface area contributed by atoms with Gasteiger partial charge in [0.1, 0.15) is 0 Å². The molecule has 0 saturated carbocycles. The number of thiocarbonyl (C=S) groups is 1. The van der Waals surface area contributed by atoms with Crippen LogP contribution in [0.3, 0.4) is 0 Å². The summed E-state index contributed by atoms with van der Waals surface area (Å²) in [5, 5.41) is 0. The molecule has 0 atom stereocenters. The monoisotopic (exact) mass is 222 g/mol. The molecule has 0 aliphatic heterocycles. The molecule has 0 saturated heterocycles. The van der Waals surface area contributed by atoms with Crippen molar-refractivity contribution in [3.63, 3.8) is 0 Å². The number of hydrogen-bond acceptors (Lipinski definition) is 3. The summed E-state index contributed by atoms with van der Waals surface area (Å²) in [4.78, 5) is 0.500. The Labute approximate surface area is 101 Å². The first-order chi connectivity index (χ1) is 4.79. The van der Waals surface area contributed by atoms with Crippen molar-refractivity contribution in [1.29, 1.82) is 0 Å². The maximum absolute atomic E-state index is 9.79. The fourth-order valence-electron chi connectivity index (χ4n) is 0.258. The Morgan fingerprint density at radius 3 is 1.83 bits per heavy atom. The van der Waals surface area contributed by atoms with Crippen LogP contribution >= 0.6 is 12.2 Å². The molecule has 7 heteroatoms. The van der Waals surface area contributed by atoms with Crippen molar-refractivity contribution in [3.05, 3.63) is 0 Å². The molecule has 0 heterocycles. The molecular formula is C5H13NNaO3S2. The Balaban J connectivity index is -0.000000142. The smallest absolute Gasteiger partial charge is 0.264 e. The molecule has 0 spiro atoms. The van der Waals surface area contributed by atoms with E-state index in [1.54, 1.807) is 13.8 Å². The van der Waals surface area contributed by atoms with Gasteiger partial charge in [-0.2, -0.15) is 8.42 Å². The SMILES string of the molecule is CC(N)=S.CCCS(=O)(=O)O.[Na]. The van der Waals surface area contributed by atoms with Gasteiger partial charge >= 0.3 is 0 Å². The molecule has 0 rings (SSSR count). The van der Waals surface area contributed by atoms with E-state index < -0.39 is 10.1 Å². The summed E-state index contributed by atoms with van der Waals surface area (Å²) in [6.45, 7) is 3.36. The topological polar surface area (TPSA) is 80.4 Å². The average molecular weight is 222 g/mol. The second-order valence-corrected chi connectivity index (χ2v) is 4.11. The summed E-state index contributed by atoms with van der Waals surface area (Å²) in [5.74, 6) is -0.132. The van der Waals surface area contributed by atoms with Crippen LogP contribution in [0.4, 0.5) is 0 Å². The van der Waals surface area contributed by atoms with Gasteiger partial charge in [0.05, 0.1) is 10.7 Å². The quantitative estimate of drug-likeness (QED) is 0.396. The molecule has 0 bridgehead atoms. The Kier molecular flexibility index (Phi) is 15.3. The molecule has 69 valence electrons. The van der Waals surface area contributed by atoms with Crippen molar-refractivity contribution in [2.75, 3.05) is 5.75 Å². The van der Waals surface area contributed by atoms with E-state index in [4.69, 9.17) is 10.3 Å². The molecule has 0 aromatic carbocycles. The Bertz CT molecular complexity index is 199. The van der Waals surface area contributed by atoms with Crippen LogP contribution in [0.25, 0.3) is 0 Å². The van der Waals surface area contributed by atoms with E-state index >= 15 is 0 Å². The van der Waals surface area contributed by atoms with E-state index in [0.717, 1.165) is 0 Å². The van der Waals surface area contributed by atoms with Gasteiger partial charge in [-0.25, -0.2) is 0 Å². The van der Waals surface area contributed by atoms with Gasteiger partial charge in [0.15, 0.2) is 0 Å². The summed E-state index contributed by atoms with van der Waals surface area (Å²) in [6.07, 6.45) is 0.471. The minimum Gasteiger partial charge on any atom is -0.394 e. The van der Waals surface area contributed by atoms with E-state index in [2.05, 4.69) is 12.2 Å². The number of rotatable bonds is 2. The summed E-state index contributed by atoms with van der Waals surface area (Å²) < 4.78 is 27.6. The second kappa shape index (κ2) is 9.88. The van der Waals surface area contributed by atoms with Crippen LogP contribution in [0.1, 0.15) is 20.3 Å². The van der Waals surface area contributed by atoms with Crippen molar-refractivity contribution in [2.24, 2.45) is 5.73 Å². The molecule has 0 aliphatic rings. The standard InChI is InChI=1S/C3H8O3S.C2H5NS.Na/c1-2-3-7(4,5)6;1-2(3)4;/h2-3H2,1H3,(H,4,5,6);1H3,(H2,3,4);. The van der Waals surface area contributed by atoms with Crippen molar-refractivity contribution in [1.82, 2.24) is 0 Å². The van der Waals surface area contributed by atoms with Gasteiger partial charge in [0.2, 0.25) is 0 Å². The first kappa shape index (κ1) is 18.6. The molecule has 0 unspecified atom stereocenters. The molecule has 0 aromatic heterocycles. The van der Waals surface area contributed by atoms with E-state index in [1.165, 1.54) is 0 Å². The zero-order valence-electron chi connectivity index (χ0n) is 7.57. The molecular weight excluding hydrogens is 209 g/mol. The molecule has 0 aromatic rings. The van der Waals surface area contributed by atoms with E-state index in [0.29, 0.717) is 11.4 Å². The predicted molar refractivity (Wildman–Crippen MR) is 54.9 cm³/mol. The van der Waals surface area contributed by atoms with Crippen molar-refractivity contribution < 1.29 is 13.0 Å². The average Bonchev–Trinajstić information content (AvgIpc) is 1.58. The number of hydrogen-bond donors (Lipinski definition) is 2. The third-order valence-electron chi connectivity index (χ3n) is 0.462. The Morgan fingerprint density at radius 2 is 1.83 bits per heavy atom. The fraction of sp³-hybridized carbons (Fsp3) is 0.800. The third kappa shape index (κ3) is 45.0. The number of nitrogens with two attached hydrogens (primary N) is 1. The van der Waals surface area contributed by atoms with Gasteiger partial charge < -0.3 is 5.73 Å². The minimum atomic E-state index is -3.67. The van der Waals surface area contributed by atoms with E-state index in [1.807, 2.05) is 0 Å². The summed E-state index contributed by atoms with van der Waals surface area (Å²) in [6, 6.07) is 0. The molecule has 0 amide bonds. The first-order valence-corrected chi connectivity index (χ1v) is 5.02. The molecule has 3 N–H and O–H groups in total. The van der Waals surface area contributed by atoms with Crippen molar-refractivity contribution in [2.45, 2.75) is 20.3 Å². The fourth-order valence-corrected chi connectivity index (χ4v) is 0.774. The van der Waals surface area contributed by atoms with E-state index in [9.17, 15) is 8.42 Å². The van der Waals surface area contributed by atoms with E-state index in [-0.39, 0.29) is 35.3 Å². The molecule has 1 radical (unpaired) electrons.